The Kier molecular flexibility index (Phi) is 5.08. The topological polar surface area (TPSA) is 29.9 Å². The van der Waals surface area contributed by atoms with Gasteiger partial charge in [0, 0.05) is 24.2 Å². The van der Waals surface area contributed by atoms with Gasteiger partial charge in [0.25, 0.3) is 0 Å². The fourth-order valence-electron chi connectivity index (χ4n) is 2.18. The van der Waals surface area contributed by atoms with Crippen LogP contribution in [0.2, 0.25) is 10.0 Å². The first kappa shape index (κ1) is 15.4. The fraction of sp³-hybridized carbons (Fsp3) is 0.400. The maximum absolute atomic E-state index is 6.30. The highest BCUT2D eigenvalue weighted by molar-refractivity contribution is 6.31. The van der Waals surface area contributed by atoms with Crippen molar-refractivity contribution in [2.75, 3.05) is 0 Å². The quantitative estimate of drug-likeness (QED) is 0.888. The van der Waals surface area contributed by atoms with Crippen LogP contribution in [0.15, 0.2) is 24.3 Å². The molecule has 0 radical (unpaired) electrons. The van der Waals surface area contributed by atoms with Crippen LogP contribution in [0.25, 0.3) is 0 Å². The Morgan fingerprint density at radius 3 is 2.75 bits per heavy atom. The number of hydrogen-bond acceptors (Lipinski definition) is 2. The number of halogens is 2. The molecule has 0 saturated heterocycles. The molecular weight excluding hydrogens is 293 g/mol. The van der Waals surface area contributed by atoms with Crippen molar-refractivity contribution >= 4 is 23.2 Å². The van der Waals surface area contributed by atoms with Crippen molar-refractivity contribution in [3.63, 3.8) is 0 Å². The highest BCUT2D eigenvalue weighted by atomic mass is 35.5. The Bertz CT molecular complexity index is 593. The first-order valence-electron chi connectivity index (χ1n) is 6.73. The lowest BCUT2D eigenvalue weighted by Crippen LogP contribution is -2.20. The summed E-state index contributed by atoms with van der Waals surface area (Å²) >= 11 is 12.3. The lowest BCUT2D eigenvalue weighted by atomic mass is 10.1. The zero-order chi connectivity index (χ0) is 14.7. The van der Waals surface area contributed by atoms with E-state index >= 15 is 0 Å². The molecule has 5 heteroatoms. The van der Waals surface area contributed by atoms with E-state index in [4.69, 9.17) is 23.2 Å². The van der Waals surface area contributed by atoms with Crippen molar-refractivity contribution in [3.05, 3.63) is 51.3 Å². The van der Waals surface area contributed by atoms with Crippen molar-refractivity contribution in [2.24, 2.45) is 0 Å². The molecular formula is C15H19Cl2N3. The Morgan fingerprint density at radius 1 is 1.35 bits per heavy atom. The largest absolute Gasteiger partial charge is 0.305 e. The number of rotatable bonds is 5. The van der Waals surface area contributed by atoms with Gasteiger partial charge in [-0.05, 0) is 38.5 Å². The van der Waals surface area contributed by atoms with Gasteiger partial charge in [-0.2, -0.15) is 5.10 Å². The minimum atomic E-state index is 0.199. The summed E-state index contributed by atoms with van der Waals surface area (Å²) in [6, 6.07) is 8.08. The first-order chi connectivity index (χ1) is 9.52. The molecule has 3 nitrogen and oxygen atoms in total. The van der Waals surface area contributed by atoms with E-state index in [1.165, 1.54) is 0 Å². The summed E-state index contributed by atoms with van der Waals surface area (Å²) in [4.78, 5) is 0. The number of aromatic nitrogens is 2. The average molecular weight is 312 g/mol. The van der Waals surface area contributed by atoms with Crippen LogP contribution in [0, 0.1) is 6.92 Å². The van der Waals surface area contributed by atoms with Crippen LogP contribution in [0.5, 0.6) is 0 Å². The number of benzene rings is 1. The SMILES string of the molecule is CCn1nc(C)c(Cl)c1CNC(C)c1cccc(Cl)c1. The van der Waals surface area contributed by atoms with Gasteiger partial charge >= 0.3 is 0 Å². The molecule has 2 rings (SSSR count). The second-order valence-electron chi connectivity index (χ2n) is 4.82. The molecule has 1 N–H and O–H groups in total. The van der Waals surface area contributed by atoms with Crippen molar-refractivity contribution in [2.45, 2.75) is 39.9 Å². The Hall–Kier alpha value is -1.03. The zero-order valence-corrected chi connectivity index (χ0v) is 13.5. The Balaban J connectivity index is 2.09. The predicted molar refractivity (Wildman–Crippen MR) is 84.4 cm³/mol. The van der Waals surface area contributed by atoms with Gasteiger partial charge in [0.1, 0.15) is 0 Å². The monoisotopic (exact) mass is 311 g/mol. The number of nitrogens with zero attached hydrogens (tertiary/aromatic N) is 2. The molecule has 1 heterocycles. The number of hydrogen-bond donors (Lipinski definition) is 1. The van der Waals surface area contributed by atoms with E-state index in [1.807, 2.05) is 29.8 Å². The zero-order valence-electron chi connectivity index (χ0n) is 12.0. The van der Waals surface area contributed by atoms with Gasteiger partial charge in [-0.3, -0.25) is 4.68 Å². The van der Waals surface area contributed by atoms with Gasteiger partial charge in [-0.25, -0.2) is 0 Å². The van der Waals surface area contributed by atoms with E-state index in [2.05, 4.69) is 30.3 Å². The van der Waals surface area contributed by atoms with Crippen molar-refractivity contribution in [3.8, 4) is 0 Å². The number of nitrogens with one attached hydrogen (secondary N) is 1. The van der Waals surface area contributed by atoms with E-state index < -0.39 is 0 Å². The van der Waals surface area contributed by atoms with Gasteiger partial charge < -0.3 is 5.32 Å². The minimum absolute atomic E-state index is 0.199. The third-order valence-corrected chi connectivity index (χ3v) is 4.10. The summed E-state index contributed by atoms with van der Waals surface area (Å²) in [6.07, 6.45) is 0. The maximum atomic E-state index is 6.30. The second kappa shape index (κ2) is 6.61. The van der Waals surface area contributed by atoms with Gasteiger partial charge in [0.15, 0.2) is 0 Å². The molecule has 20 heavy (non-hydrogen) atoms. The lowest BCUT2D eigenvalue weighted by molar-refractivity contribution is 0.531. The van der Waals surface area contributed by atoms with Gasteiger partial charge in [-0.15, -0.1) is 0 Å². The molecule has 0 bridgehead atoms. The molecule has 0 amide bonds. The molecule has 108 valence electrons. The van der Waals surface area contributed by atoms with E-state index in [1.54, 1.807) is 0 Å². The highest BCUT2D eigenvalue weighted by Crippen LogP contribution is 2.22. The maximum Gasteiger partial charge on any atom is 0.0860 e. The molecule has 0 fully saturated rings. The summed E-state index contributed by atoms with van der Waals surface area (Å²) in [5, 5.41) is 9.39. The summed E-state index contributed by atoms with van der Waals surface area (Å²) in [5.74, 6) is 0. The summed E-state index contributed by atoms with van der Waals surface area (Å²) in [6.45, 7) is 7.60. The van der Waals surface area contributed by atoms with Crippen LogP contribution in [-0.2, 0) is 13.1 Å². The Labute approximate surface area is 129 Å². The van der Waals surface area contributed by atoms with Gasteiger partial charge in [0.2, 0.25) is 0 Å². The van der Waals surface area contributed by atoms with E-state index in [-0.39, 0.29) is 6.04 Å². The molecule has 1 aromatic carbocycles. The summed E-state index contributed by atoms with van der Waals surface area (Å²) in [7, 11) is 0. The second-order valence-corrected chi connectivity index (χ2v) is 5.63. The van der Waals surface area contributed by atoms with E-state index in [9.17, 15) is 0 Å². The van der Waals surface area contributed by atoms with Crippen LogP contribution in [0.4, 0.5) is 0 Å². The van der Waals surface area contributed by atoms with Crippen molar-refractivity contribution < 1.29 is 0 Å². The van der Waals surface area contributed by atoms with Gasteiger partial charge in [0.05, 0.1) is 16.4 Å². The van der Waals surface area contributed by atoms with Crippen LogP contribution >= 0.6 is 23.2 Å². The molecule has 0 spiro atoms. The fourth-order valence-corrected chi connectivity index (χ4v) is 2.58. The number of aryl methyl sites for hydroxylation is 2. The lowest BCUT2D eigenvalue weighted by Gasteiger charge is -2.15. The van der Waals surface area contributed by atoms with Crippen molar-refractivity contribution in [1.29, 1.82) is 0 Å². The molecule has 0 aliphatic rings. The predicted octanol–water partition coefficient (Wildman–Crippen LogP) is 4.37. The Morgan fingerprint density at radius 2 is 2.10 bits per heavy atom. The van der Waals surface area contributed by atoms with Crippen LogP contribution < -0.4 is 5.32 Å². The molecule has 0 aliphatic carbocycles. The summed E-state index contributed by atoms with van der Waals surface area (Å²) in [5.41, 5.74) is 3.06. The molecule has 1 atom stereocenters. The molecule has 1 aromatic heterocycles. The minimum Gasteiger partial charge on any atom is -0.305 e. The molecule has 0 saturated carbocycles. The summed E-state index contributed by atoms with van der Waals surface area (Å²) < 4.78 is 1.94. The van der Waals surface area contributed by atoms with E-state index in [0.29, 0.717) is 6.54 Å². The molecule has 0 aliphatic heterocycles. The van der Waals surface area contributed by atoms with Crippen LogP contribution in [0.1, 0.15) is 36.8 Å². The smallest absolute Gasteiger partial charge is 0.0860 e. The average Bonchev–Trinajstić information content (AvgIpc) is 2.71. The standard InChI is InChI=1S/C15H19Cl2N3/c1-4-20-14(15(17)11(3)19-20)9-18-10(2)12-6-5-7-13(16)8-12/h5-8,10,18H,4,9H2,1-3H3. The third kappa shape index (κ3) is 3.35. The van der Waals surface area contributed by atoms with Crippen LogP contribution in [0.3, 0.4) is 0 Å². The normalized spacial score (nSPS) is 12.7. The third-order valence-electron chi connectivity index (χ3n) is 3.38. The molecule has 2 aromatic rings. The first-order valence-corrected chi connectivity index (χ1v) is 7.49. The highest BCUT2D eigenvalue weighted by Gasteiger charge is 2.13. The van der Waals surface area contributed by atoms with Crippen molar-refractivity contribution in [1.82, 2.24) is 15.1 Å². The van der Waals surface area contributed by atoms with Crippen LogP contribution in [-0.4, -0.2) is 9.78 Å². The van der Waals surface area contributed by atoms with Gasteiger partial charge in [-0.1, -0.05) is 35.3 Å². The van der Waals surface area contributed by atoms with E-state index in [0.717, 1.165) is 33.5 Å². The molecule has 1 unspecified atom stereocenters.